The van der Waals surface area contributed by atoms with Gasteiger partial charge in [0.05, 0.1) is 12.5 Å². The molecule has 0 radical (unpaired) electrons. The minimum absolute atomic E-state index is 0.229. The second-order valence-corrected chi connectivity index (χ2v) is 5.78. The maximum absolute atomic E-state index is 12.4. The van der Waals surface area contributed by atoms with Gasteiger partial charge in [-0.15, -0.1) is 0 Å². The van der Waals surface area contributed by atoms with Crippen LogP contribution in [0.15, 0.2) is 54.6 Å². The number of hydrogen-bond donors (Lipinski definition) is 1. The van der Waals surface area contributed by atoms with Crippen molar-refractivity contribution in [1.82, 2.24) is 10.2 Å². The van der Waals surface area contributed by atoms with E-state index >= 15 is 0 Å². The Morgan fingerprint density at radius 3 is 2.50 bits per heavy atom. The number of amides is 1. The van der Waals surface area contributed by atoms with Gasteiger partial charge in [-0.3, -0.25) is 10.1 Å². The molecule has 24 heavy (non-hydrogen) atoms. The number of carbonyl (C=O) groups is 1. The highest BCUT2D eigenvalue weighted by Gasteiger charge is 2.15. The topological polar surface area (TPSA) is 56.1 Å². The molecule has 0 aliphatic carbocycles. The van der Waals surface area contributed by atoms with Crippen molar-refractivity contribution in [2.45, 2.75) is 19.9 Å². The standard InChI is InChI=1S/C19H19N3OS/c1-15-8-5-6-11-17(15)18(23)21-19(24)22(13-7-12-20)14-16-9-3-2-4-10-16/h2-6,8-11H,7,13-14H2,1H3,(H,21,23,24). The highest BCUT2D eigenvalue weighted by atomic mass is 32.1. The average molecular weight is 337 g/mol. The molecule has 0 unspecified atom stereocenters. The third-order valence-corrected chi connectivity index (χ3v) is 3.97. The van der Waals surface area contributed by atoms with Crippen LogP contribution in [0.5, 0.6) is 0 Å². The molecule has 0 spiro atoms. The largest absolute Gasteiger partial charge is 0.344 e. The summed E-state index contributed by atoms with van der Waals surface area (Å²) in [6.45, 7) is 2.91. The van der Waals surface area contributed by atoms with E-state index in [9.17, 15) is 4.79 Å². The van der Waals surface area contributed by atoms with Gasteiger partial charge in [-0.25, -0.2) is 0 Å². The van der Waals surface area contributed by atoms with Gasteiger partial charge < -0.3 is 4.90 Å². The quantitative estimate of drug-likeness (QED) is 0.849. The van der Waals surface area contributed by atoms with Crippen LogP contribution >= 0.6 is 12.2 Å². The molecule has 0 aliphatic rings. The van der Waals surface area contributed by atoms with Crippen LogP contribution in [-0.4, -0.2) is 22.5 Å². The Morgan fingerprint density at radius 2 is 1.83 bits per heavy atom. The normalized spacial score (nSPS) is 9.83. The highest BCUT2D eigenvalue weighted by Crippen LogP contribution is 2.09. The second kappa shape index (κ2) is 8.80. The summed E-state index contributed by atoms with van der Waals surface area (Å²) in [4.78, 5) is 14.3. The van der Waals surface area contributed by atoms with Crippen LogP contribution in [0.2, 0.25) is 0 Å². The Hall–Kier alpha value is -2.71. The summed E-state index contributed by atoms with van der Waals surface area (Å²) in [5.74, 6) is -0.229. The van der Waals surface area contributed by atoms with Gasteiger partial charge in [0, 0.05) is 18.7 Å². The van der Waals surface area contributed by atoms with E-state index in [1.165, 1.54) is 0 Å². The van der Waals surface area contributed by atoms with Gasteiger partial charge in [0.25, 0.3) is 5.91 Å². The summed E-state index contributed by atoms with van der Waals surface area (Å²) in [5.41, 5.74) is 2.56. The molecule has 0 bridgehead atoms. The van der Waals surface area contributed by atoms with Gasteiger partial charge in [-0.05, 0) is 36.3 Å². The molecule has 1 N–H and O–H groups in total. The lowest BCUT2D eigenvalue weighted by atomic mass is 10.1. The minimum Gasteiger partial charge on any atom is -0.344 e. The fraction of sp³-hybridized carbons (Fsp3) is 0.211. The number of nitriles is 1. The first-order valence-corrected chi connectivity index (χ1v) is 8.09. The molecule has 1 amide bonds. The zero-order valence-electron chi connectivity index (χ0n) is 13.5. The Morgan fingerprint density at radius 1 is 1.17 bits per heavy atom. The van der Waals surface area contributed by atoms with Crippen LogP contribution in [0.25, 0.3) is 0 Å². The van der Waals surface area contributed by atoms with E-state index < -0.39 is 0 Å². The van der Waals surface area contributed by atoms with Gasteiger partial charge in [0.1, 0.15) is 0 Å². The number of benzene rings is 2. The number of carbonyl (C=O) groups excluding carboxylic acids is 1. The molecule has 0 aliphatic heterocycles. The lowest BCUT2D eigenvalue weighted by Gasteiger charge is -2.24. The van der Waals surface area contributed by atoms with Crippen molar-refractivity contribution in [1.29, 1.82) is 5.26 Å². The van der Waals surface area contributed by atoms with Gasteiger partial charge in [0.2, 0.25) is 0 Å². The van der Waals surface area contributed by atoms with Crippen LogP contribution in [0.4, 0.5) is 0 Å². The zero-order valence-corrected chi connectivity index (χ0v) is 14.3. The molecule has 0 saturated carbocycles. The first kappa shape index (κ1) is 17.6. The average Bonchev–Trinajstić information content (AvgIpc) is 2.59. The Kier molecular flexibility index (Phi) is 6.47. The van der Waals surface area contributed by atoms with Crippen molar-refractivity contribution in [3.05, 3.63) is 71.3 Å². The van der Waals surface area contributed by atoms with E-state index in [4.69, 9.17) is 17.5 Å². The van der Waals surface area contributed by atoms with Gasteiger partial charge >= 0.3 is 0 Å². The zero-order chi connectivity index (χ0) is 17.4. The Labute approximate surface area is 147 Å². The molecule has 2 aromatic carbocycles. The summed E-state index contributed by atoms with van der Waals surface area (Å²) < 4.78 is 0. The number of nitrogens with one attached hydrogen (secondary N) is 1. The van der Waals surface area contributed by atoms with Crippen LogP contribution < -0.4 is 5.32 Å². The van der Waals surface area contributed by atoms with E-state index in [-0.39, 0.29) is 5.91 Å². The number of aryl methyl sites for hydroxylation is 1. The van der Waals surface area contributed by atoms with Crippen molar-refractivity contribution in [2.24, 2.45) is 0 Å². The van der Waals surface area contributed by atoms with E-state index in [0.29, 0.717) is 30.2 Å². The summed E-state index contributed by atoms with van der Waals surface area (Å²) in [7, 11) is 0. The maximum atomic E-state index is 12.4. The summed E-state index contributed by atoms with van der Waals surface area (Å²) in [5, 5.41) is 12.0. The van der Waals surface area contributed by atoms with Crippen LogP contribution in [0, 0.1) is 18.3 Å². The third-order valence-electron chi connectivity index (χ3n) is 3.61. The second-order valence-electron chi connectivity index (χ2n) is 5.39. The number of rotatable bonds is 5. The van der Waals surface area contributed by atoms with E-state index in [1.54, 1.807) is 6.07 Å². The molecule has 0 heterocycles. The first-order chi connectivity index (χ1) is 11.6. The van der Waals surface area contributed by atoms with Gasteiger partial charge in [0.15, 0.2) is 5.11 Å². The predicted molar refractivity (Wildman–Crippen MR) is 98.3 cm³/mol. The highest BCUT2D eigenvalue weighted by molar-refractivity contribution is 7.80. The number of hydrogen-bond acceptors (Lipinski definition) is 3. The maximum Gasteiger partial charge on any atom is 0.257 e. The van der Waals surface area contributed by atoms with Crippen LogP contribution in [-0.2, 0) is 6.54 Å². The van der Waals surface area contributed by atoms with E-state index in [1.807, 2.05) is 60.4 Å². The molecule has 5 heteroatoms. The molecular formula is C19H19N3OS. The molecule has 122 valence electrons. The predicted octanol–water partition coefficient (Wildman–Crippen LogP) is 3.43. The third kappa shape index (κ3) is 4.90. The van der Waals surface area contributed by atoms with Crippen LogP contribution in [0.3, 0.4) is 0 Å². The summed E-state index contributed by atoms with van der Waals surface area (Å²) in [6, 6.07) is 19.3. The van der Waals surface area contributed by atoms with Crippen LogP contribution in [0.1, 0.15) is 27.9 Å². The molecular weight excluding hydrogens is 318 g/mol. The molecule has 0 aromatic heterocycles. The smallest absolute Gasteiger partial charge is 0.257 e. The SMILES string of the molecule is Cc1ccccc1C(=O)NC(=S)N(CCC#N)Cc1ccccc1. The molecule has 0 atom stereocenters. The Balaban J connectivity index is 2.08. The van der Waals surface area contributed by atoms with Crippen molar-refractivity contribution >= 4 is 23.2 Å². The number of thiocarbonyl (C=S) groups is 1. The van der Waals surface area contributed by atoms with Gasteiger partial charge in [-0.1, -0.05) is 48.5 Å². The van der Waals surface area contributed by atoms with Crippen molar-refractivity contribution < 1.29 is 4.79 Å². The summed E-state index contributed by atoms with van der Waals surface area (Å²) >= 11 is 5.39. The number of nitrogens with zero attached hydrogens (tertiary/aromatic N) is 2. The first-order valence-electron chi connectivity index (χ1n) is 7.68. The molecule has 0 fully saturated rings. The molecule has 4 nitrogen and oxygen atoms in total. The van der Waals surface area contributed by atoms with Crippen molar-refractivity contribution in [3.8, 4) is 6.07 Å². The van der Waals surface area contributed by atoms with Crippen molar-refractivity contribution in [2.75, 3.05) is 6.54 Å². The monoisotopic (exact) mass is 337 g/mol. The Bertz CT molecular complexity index is 753. The minimum atomic E-state index is -0.229. The fourth-order valence-electron chi connectivity index (χ4n) is 2.31. The fourth-order valence-corrected chi connectivity index (χ4v) is 2.56. The van der Waals surface area contributed by atoms with Gasteiger partial charge in [-0.2, -0.15) is 5.26 Å². The summed E-state index contributed by atoms with van der Waals surface area (Å²) in [6.07, 6.45) is 0.340. The van der Waals surface area contributed by atoms with Crippen molar-refractivity contribution in [3.63, 3.8) is 0 Å². The molecule has 0 saturated heterocycles. The van der Waals surface area contributed by atoms with E-state index in [0.717, 1.165) is 11.1 Å². The molecule has 2 rings (SSSR count). The van der Waals surface area contributed by atoms with E-state index in [2.05, 4.69) is 11.4 Å². The lowest BCUT2D eigenvalue weighted by Crippen LogP contribution is -2.42. The lowest BCUT2D eigenvalue weighted by molar-refractivity contribution is 0.0972. The molecule has 2 aromatic rings.